The van der Waals surface area contributed by atoms with Gasteiger partial charge in [-0.15, -0.1) is 0 Å². The summed E-state index contributed by atoms with van der Waals surface area (Å²) in [5.41, 5.74) is 1.35. The third kappa shape index (κ3) is 2.70. The lowest BCUT2D eigenvalue weighted by Crippen LogP contribution is -2.37. The molecule has 1 aromatic rings. The van der Waals surface area contributed by atoms with Gasteiger partial charge in [0.1, 0.15) is 0 Å². The highest BCUT2D eigenvalue weighted by atomic mass is 32.2. The Hall–Kier alpha value is -1.42. The molecule has 5 nitrogen and oxygen atoms in total. The lowest BCUT2D eigenvalue weighted by atomic mass is 9.97. The van der Waals surface area contributed by atoms with Crippen molar-refractivity contribution in [2.24, 2.45) is 0 Å². The van der Waals surface area contributed by atoms with Gasteiger partial charge < -0.3 is 0 Å². The van der Waals surface area contributed by atoms with E-state index in [2.05, 4.69) is 0 Å². The molecule has 0 aliphatic carbocycles. The fraction of sp³-hybridized carbons (Fsp3) is 0.417. The van der Waals surface area contributed by atoms with E-state index in [-0.39, 0.29) is 6.04 Å². The zero-order valence-corrected chi connectivity index (χ0v) is 10.6. The highest BCUT2D eigenvalue weighted by molar-refractivity contribution is 7.83. The molecule has 1 N–H and O–H groups in total. The summed E-state index contributed by atoms with van der Waals surface area (Å²) in [6, 6.07) is 8.49. The molecule has 96 valence electrons. The smallest absolute Gasteiger partial charge is 0.273 e. The van der Waals surface area contributed by atoms with E-state index in [9.17, 15) is 13.0 Å². The van der Waals surface area contributed by atoms with Gasteiger partial charge in [-0.1, -0.05) is 18.6 Å². The van der Waals surface area contributed by atoms with Crippen LogP contribution in [-0.2, 0) is 10.3 Å². The fourth-order valence-electron chi connectivity index (χ4n) is 2.29. The summed E-state index contributed by atoms with van der Waals surface area (Å²) in [6.45, 7) is 0.337. The van der Waals surface area contributed by atoms with Crippen LogP contribution in [0.5, 0.6) is 0 Å². The second-order valence-electron chi connectivity index (χ2n) is 4.33. The standard InChI is InChI=1S/C12H14N2O3S/c13-9-10-4-6-11(7-5-10)12-3-1-2-8-14(12)18(15,16)17/h4-7,12H,1-3,8H2,(H,15,16,17). The Morgan fingerprint density at radius 1 is 1.28 bits per heavy atom. The predicted molar refractivity (Wildman–Crippen MR) is 66.0 cm³/mol. The maximum Gasteiger partial charge on any atom is 0.336 e. The summed E-state index contributed by atoms with van der Waals surface area (Å²) >= 11 is 0. The van der Waals surface area contributed by atoms with E-state index in [4.69, 9.17) is 5.26 Å². The van der Waals surface area contributed by atoms with Crippen LogP contribution in [0.3, 0.4) is 0 Å². The molecule has 0 saturated carbocycles. The second-order valence-corrected chi connectivity index (χ2v) is 5.70. The van der Waals surface area contributed by atoms with Crippen LogP contribution in [0.25, 0.3) is 0 Å². The second kappa shape index (κ2) is 5.06. The highest BCUT2D eigenvalue weighted by Gasteiger charge is 2.31. The van der Waals surface area contributed by atoms with Gasteiger partial charge in [-0.05, 0) is 30.5 Å². The Bertz CT molecular complexity index is 560. The highest BCUT2D eigenvalue weighted by Crippen LogP contribution is 2.32. The van der Waals surface area contributed by atoms with Crippen LogP contribution in [0.2, 0.25) is 0 Å². The number of nitriles is 1. The molecule has 1 saturated heterocycles. The minimum atomic E-state index is -4.17. The maximum atomic E-state index is 11.3. The number of hydrogen-bond acceptors (Lipinski definition) is 3. The van der Waals surface area contributed by atoms with E-state index in [1.807, 2.05) is 6.07 Å². The van der Waals surface area contributed by atoms with Crippen LogP contribution < -0.4 is 0 Å². The number of benzene rings is 1. The first kappa shape index (κ1) is 13.0. The quantitative estimate of drug-likeness (QED) is 0.829. The Balaban J connectivity index is 2.31. The van der Waals surface area contributed by atoms with Crippen LogP contribution in [0.4, 0.5) is 0 Å². The van der Waals surface area contributed by atoms with Crippen molar-refractivity contribution < 1.29 is 13.0 Å². The lowest BCUT2D eigenvalue weighted by molar-refractivity contribution is 0.233. The maximum absolute atomic E-state index is 11.3. The molecule has 2 rings (SSSR count). The van der Waals surface area contributed by atoms with Crippen LogP contribution >= 0.6 is 0 Å². The summed E-state index contributed by atoms with van der Waals surface area (Å²) in [5, 5.41) is 8.72. The van der Waals surface area contributed by atoms with Crippen molar-refractivity contribution in [1.29, 1.82) is 5.26 Å². The molecule has 1 heterocycles. The number of piperidine rings is 1. The summed E-state index contributed by atoms with van der Waals surface area (Å²) in [7, 11) is -4.17. The van der Waals surface area contributed by atoms with E-state index >= 15 is 0 Å². The topological polar surface area (TPSA) is 81.4 Å². The Labute approximate surface area is 107 Å². The molecule has 18 heavy (non-hydrogen) atoms. The molecule has 1 aliphatic rings. The molecule has 1 fully saturated rings. The third-order valence-corrected chi connectivity index (χ3v) is 4.20. The van der Waals surface area contributed by atoms with Crippen LogP contribution in [0.1, 0.15) is 36.4 Å². The molecule has 0 spiro atoms. The summed E-state index contributed by atoms with van der Waals surface area (Å²) < 4.78 is 33.0. The minimum absolute atomic E-state index is 0.332. The van der Waals surface area contributed by atoms with Crippen molar-refractivity contribution in [1.82, 2.24) is 4.31 Å². The third-order valence-electron chi connectivity index (χ3n) is 3.17. The fourth-order valence-corrected chi connectivity index (χ4v) is 3.20. The number of nitrogens with zero attached hydrogens (tertiary/aromatic N) is 2. The van der Waals surface area contributed by atoms with Gasteiger partial charge in [0.15, 0.2) is 0 Å². The van der Waals surface area contributed by atoms with Crippen molar-refractivity contribution in [2.75, 3.05) is 6.54 Å². The molecular weight excluding hydrogens is 252 g/mol. The van der Waals surface area contributed by atoms with Crippen molar-refractivity contribution in [3.63, 3.8) is 0 Å². The van der Waals surface area contributed by atoms with Gasteiger partial charge in [0.25, 0.3) is 0 Å². The number of hydrogen-bond donors (Lipinski definition) is 1. The van der Waals surface area contributed by atoms with Crippen molar-refractivity contribution in [3.05, 3.63) is 35.4 Å². The molecule has 1 aromatic carbocycles. The molecule has 0 bridgehead atoms. The molecule has 1 aliphatic heterocycles. The lowest BCUT2D eigenvalue weighted by Gasteiger charge is -2.32. The largest absolute Gasteiger partial charge is 0.336 e. The van der Waals surface area contributed by atoms with E-state index in [1.54, 1.807) is 24.3 Å². The van der Waals surface area contributed by atoms with E-state index in [0.717, 1.165) is 22.7 Å². The molecule has 1 atom stereocenters. The molecular formula is C12H14N2O3S. The van der Waals surface area contributed by atoms with Gasteiger partial charge in [0, 0.05) is 6.54 Å². The zero-order valence-electron chi connectivity index (χ0n) is 9.78. The Kier molecular flexibility index (Phi) is 3.66. The van der Waals surface area contributed by atoms with Crippen molar-refractivity contribution in [2.45, 2.75) is 25.3 Å². The van der Waals surface area contributed by atoms with Crippen LogP contribution in [0.15, 0.2) is 24.3 Å². The van der Waals surface area contributed by atoms with Gasteiger partial charge in [-0.2, -0.15) is 18.0 Å². The summed E-state index contributed by atoms with van der Waals surface area (Å²) in [6.07, 6.45) is 2.37. The monoisotopic (exact) mass is 266 g/mol. The molecule has 0 radical (unpaired) electrons. The predicted octanol–water partition coefficient (Wildman–Crippen LogP) is 1.89. The van der Waals surface area contributed by atoms with E-state index in [0.29, 0.717) is 18.5 Å². The van der Waals surface area contributed by atoms with E-state index in [1.165, 1.54) is 0 Å². The zero-order chi connectivity index (χ0) is 13.2. The first-order chi connectivity index (χ1) is 8.52. The normalized spacial score (nSPS) is 21.4. The number of rotatable bonds is 2. The SMILES string of the molecule is N#Cc1ccc(C2CCCCN2S(=O)(=O)O)cc1. The minimum Gasteiger partial charge on any atom is -0.273 e. The first-order valence-electron chi connectivity index (χ1n) is 5.76. The molecule has 0 aromatic heterocycles. The van der Waals surface area contributed by atoms with Crippen LogP contribution in [0, 0.1) is 11.3 Å². The van der Waals surface area contributed by atoms with Gasteiger partial charge in [0.2, 0.25) is 0 Å². The Morgan fingerprint density at radius 3 is 2.50 bits per heavy atom. The van der Waals surface area contributed by atoms with Gasteiger partial charge in [0.05, 0.1) is 17.7 Å². The summed E-state index contributed by atoms with van der Waals surface area (Å²) in [4.78, 5) is 0. The van der Waals surface area contributed by atoms with Crippen molar-refractivity contribution in [3.8, 4) is 6.07 Å². The first-order valence-corrected chi connectivity index (χ1v) is 7.16. The van der Waals surface area contributed by atoms with Crippen LogP contribution in [-0.4, -0.2) is 23.8 Å². The van der Waals surface area contributed by atoms with Gasteiger partial charge in [-0.25, -0.2) is 0 Å². The van der Waals surface area contributed by atoms with E-state index < -0.39 is 10.3 Å². The van der Waals surface area contributed by atoms with Crippen molar-refractivity contribution >= 4 is 10.3 Å². The van der Waals surface area contributed by atoms with Gasteiger partial charge >= 0.3 is 10.3 Å². The molecule has 0 amide bonds. The van der Waals surface area contributed by atoms with Gasteiger partial charge in [-0.3, -0.25) is 4.55 Å². The Morgan fingerprint density at radius 2 is 1.94 bits per heavy atom. The molecule has 6 heteroatoms. The summed E-state index contributed by atoms with van der Waals surface area (Å²) in [5.74, 6) is 0. The average molecular weight is 266 g/mol. The molecule has 1 unspecified atom stereocenters. The average Bonchev–Trinajstić information content (AvgIpc) is 2.38.